The van der Waals surface area contributed by atoms with Crippen LogP contribution in [0, 0.1) is 5.82 Å². The van der Waals surface area contributed by atoms with E-state index in [1.54, 1.807) is 12.1 Å². The number of benzene rings is 1. The van der Waals surface area contributed by atoms with Crippen LogP contribution in [0.25, 0.3) is 0 Å². The van der Waals surface area contributed by atoms with Crippen molar-refractivity contribution in [3.8, 4) is 0 Å². The number of aliphatic hydroxyl groups is 1. The van der Waals surface area contributed by atoms with E-state index < -0.39 is 11.9 Å². The third-order valence-corrected chi connectivity index (χ3v) is 1.94. The van der Waals surface area contributed by atoms with Gasteiger partial charge in [0.2, 0.25) is 0 Å². The highest BCUT2D eigenvalue weighted by Crippen LogP contribution is 2.21. The first-order chi connectivity index (χ1) is 6.49. The molecule has 1 atom stereocenters. The molecule has 0 heterocycles. The number of hydrogen-bond donors (Lipinski definition) is 1. The van der Waals surface area contributed by atoms with Crippen LogP contribution in [0.2, 0.25) is 5.02 Å². The fourth-order valence-corrected chi connectivity index (χ4v) is 1.39. The van der Waals surface area contributed by atoms with Crippen LogP contribution in [-0.2, 0) is 0 Å². The van der Waals surface area contributed by atoms with Gasteiger partial charge in [-0.1, -0.05) is 23.3 Å². The Morgan fingerprint density at radius 2 is 2.07 bits per heavy atom. The molecule has 76 valence electrons. The van der Waals surface area contributed by atoms with E-state index in [0.717, 1.165) is 5.57 Å². The van der Waals surface area contributed by atoms with Crippen molar-refractivity contribution in [3.05, 3.63) is 46.3 Å². The third kappa shape index (κ3) is 3.13. The van der Waals surface area contributed by atoms with Gasteiger partial charge in [-0.2, -0.15) is 0 Å². The second-order valence-corrected chi connectivity index (χ2v) is 3.83. The van der Waals surface area contributed by atoms with Crippen LogP contribution in [0.15, 0.2) is 29.8 Å². The van der Waals surface area contributed by atoms with Gasteiger partial charge >= 0.3 is 0 Å². The Balaban J connectivity index is 3.01. The zero-order valence-electron chi connectivity index (χ0n) is 8.09. The molecule has 0 aromatic heterocycles. The van der Waals surface area contributed by atoms with Crippen molar-refractivity contribution < 1.29 is 9.50 Å². The number of allylic oxidation sites excluding steroid dienone is 1. The number of halogens is 2. The SMILES string of the molecule is CC(C)=CC(O)c1cc(F)cc(Cl)c1. The van der Waals surface area contributed by atoms with Gasteiger partial charge in [0.25, 0.3) is 0 Å². The quantitative estimate of drug-likeness (QED) is 0.748. The van der Waals surface area contributed by atoms with Gasteiger partial charge in [-0.15, -0.1) is 0 Å². The molecule has 1 N–H and O–H groups in total. The summed E-state index contributed by atoms with van der Waals surface area (Å²) in [5, 5.41) is 9.93. The van der Waals surface area contributed by atoms with Gasteiger partial charge in [-0.3, -0.25) is 0 Å². The van der Waals surface area contributed by atoms with Crippen molar-refractivity contribution in [2.24, 2.45) is 0 Å². The lowest BCUT2D eigenvalue weighted by Crippen LogP contribution is -1.94. The smallest absolute Gasteiger partial charge is 0.125 e. The fourth-order valence-electron chi connectivity index (χ4n) is 1.16. The van der Waals surface area contributed by atoms with Crippen LogP contribution in [-0.4, -0.2) is 5.11 Å². The van der Waals surface area contributed by atoms with Gasteiger partial charge in [0.15, 0.2) is 0 Å². The van der Waals surface area contributed by atoms with Gasteiger partial charge in [-0.25, -0.2) is 4.39 Å². The Morgan fingerprint density at radius 1 is 1.43 bits per heavy atom. The topological polar surface area (TPSA) is 20.2 Å². The van der Waals surface area contributed by atoms with Crippen LogP contribution in [0.5, 0.6) is 0 Å². The largest absolute Gasteiger partial charge is 0.384 e. The molecule has 0 bridgehead atoms. The van der Waals surface area contributed by atoms with E-state index in [9.17, 15) is 9.50 Å². The summed E-state index contributed by atoms with van der Waals surface area (Å²) in [5.74, 6) is -0.436. The van der Waals surface area contributed by atoms with Crippen molar-refractivity contribution in [1.82, 2.24) is 0 Å². The van der Waals surface area contributed by atoms with E-state index >= 15 is 0 Å². The molecule has 1 nitrogen and oxygen atoms in total. The standard InChI is InChI=1S/C11H12ClFO/c1-7(2)3-11(14)8-4-9(12)6-10(13)5-8/h3-6,11,14H,1-2H3. The highest BCUT2D eigenvalue weighted by molar-refractivity contribution is 6.30. The second kappa shape index (κ2) is 4.58. The molecular weight excluding hydrogens is 203 g/mol. The molecule has 0 radical (unpaired) electrons. The molecule has 0 spiro atoms. The molecule has 1 aromatic carbocycles. The molecule has 1 aromatic rings. The lowest BCUT2D eigenvalue weighted by atomic mass is 10.1. The zero-order valence-corrected chi connectivity index (χ0v) is 8.85. The summed E-state index contributed by atoms with van der Waals surface area (Å²) in [4.78, 5) is 0. The highest BCUT2D eigenvalue weighted by Gasteiger charge is 2.06. The van der Waals surface area contributed by atoms with Gasteiger partial charge in [0.1, 0.15) is 5.82 Å². The van der Waals surface area contributed by atoms with Crippen LogP contribution < -0.4 is 0 Å². The Labute approximate surface area is 87.8 Å². The van der Waals surface area contributed by atoms with Crippen LogP contribution in [0.1, 0.15) is 25.5 Å². The predicted molar refractivity (Wildman–Crippen MR) is 55.8 cm³/mol. The molecule has 3 heteroatoms. The minimum absolute atomic E-state index is 0.293. The molecule has 0 saturated carbocycles. The van der Waals surface area contributed by atoms with Gasteiger partial charge in [0, 0.05) is 5.02 Å². The summed E-state index contributed by atoms with van der Waals surface area (Å²) in [6, 6.07) is 4.03. The van der Waals surface area contributed by atoms with Crippen molar-refractivity contribution in [2.75, 3.05) is 0 Å². The van der Waals surface area contributed by atoms with Crippen molar-refractivity contribution in [2.45, 2.75) is 20.0 Å². The summed E-state index contributed by atoms with van der Waals surface area (Å²) in [5.41, 5.74) is 1.44. The van der Waals surface area contributed by atoms with Crippen molar-refractivity contribution >= 4 is 11.6 Å². The van der Waals surface area contributed by atoms with Gasteiger partial charge in [0.05, 0.1) is 6.10 Å². The minimum Gasteiger partial charge on any atom is -0.384 e. The number of aliphatic hydroxyl groups excluding tert-OH is 1. The monoisotopic (exact) mass is 214 g/mol. The Morgan fingerprint density at radius 3 is 2.57 bits per heavy atom. The summed E-state index contributed by atoms with van der Waals surface area (Å²) >= 11 is 5.66. The van der Waals surface area contributed by atoms with E-state index in [1.165, 1.54) is 12.1 Å². The first-order valence-electron chi connectivity index (χ1n) is 4.28. The lowest BCUT2D eigenvalue weighted by Gasteiger charge is -2.07. The normalized spacial score (nSPS) is 12.4. The van der Waals surface area contributed by atoms with E-state index in [4.69, 9.17) is 11.6 Å². The molecule has 0 aliphatic carbocycles. The molecule has 1 unspecified atom stereocenters. The molecule has 0 saturated heterocycles. The Kier molecular flexibility index (Phi) is 3.67. The first-order valence-corrected chi connectivity index (χ1v) is 4.66. The molecule has 0 fully saturated rings. The van der Waals surface area contributed by atoms with E-state index in [0.29, 0.717) is 10.6 Å². The van der Waals surface area contributed by atoms with Crippen LogP contribution in [0.3, 0.4) is 0 Å². The maximum atomic E-state index is 12.9. The third-order valence-electron chi connectivity index (χ3n) is 1.72. The van der Waals surface area contributed by atoms with E-state index in [2.05, 4.69) is 0 Å². The van der Waals surface area contributed by atoms with Gasteiger partial charge in [-0.05, 0) is 37.6 Å². The van der Waals surface area contributed by atoms with Crippen LogP contribution >= 0.6 is 11.6 Å². The first kappa shape index (κ1) is 11.2. The van der Waals surface area contributed by atoms with E-state index in [-0.39, 0.29) is 0 Å². The van der Waals surface area contributed by atoms with Gasteiger partial charge < -0.3 is 5.11 Å². The average Bonchev–Trinajstić information content (AvgIpc) is 2.00. The summed E-state index contributed by atoms with van der Waals surface area (Å²) in [7, 11) is 0. The Hall–Kier alpha value is -0.860. The maximum Gasteiger partial charge on any atom is 0.125 e. The molecule has 0 aliphatic rings. The van der Waals surface area contributed by atoms with Crippen molar-refractivity contribution in [3.63, 3.8) is 0 Å². The highest BCUT2D eigenvalue weighted by atomic mass is 35.5. The summed E-state index contributed by atoms with van der Waals surface area (Å²) in [6.45, 7) is 3.73. The molecule has 0 aliphatic heterocycles. The minimum atomic E-state index is -0.798. The number of hydrogen-bond acceptors (Lipinski definition) is 1. The zero-order chi connectivity index (χ0) is 10.7. The lowest BCUT2D eigenvalue weighted by molar-refractivity contribution is 0.227. The van der Waals surface area contributed by atoms with Crippen molar-refractivity contribution in [1.29, 1.82) is 0 Å². The molecular formula is C11H12ClFO. The molecule has 14 heavy (non-hydrogen) atoms. The second-order valence-electron chi connectivity index (χ2n) is 3.39. The maximum absolute atomic E-state index is 12.9. The average molecular weight is 215 g/mol. The fraction of sp³-hybridized carbons (Fsp3) is 0.273. The Bertz CT molecular complexity index is 336. The molecule has 1 rings (SSSR count). The number of rotatable bonds is 2. The van der Waals surface area contributed by atoms with Crippen LogP contribution in [0.4, 0.5) is 4.39 Å². The molecule has 0 amide bonds. The predicted octanol–water partition coefficient (Wildman–Crippen LogP) is 3.48. The summed E-state index contributed by atoms with van der Waals surface area (Å²) in [6.07, 6.45) is 0.846. The van der Waals surface area contributed by atoms with E-state index in [1.807, 2.05) is 13.8 Å². The summed E-state index contributed by atoms with van der Waals surface area (Å²) < 4.78 is 12.9.